The van der Waals surface area contributed by atoms with Crippen molar-refractivity contribution in [3.8, 4) is 6.07 Å². The third-order valence-electron chi connectivity index (χ3n) is 3.20. The van der Waals surface area contributed by atoms with Crippen LogP contribution in [0.3, 0.4) is 0 Å². The third-order valence-corrected chi connectivity index (χ3v) is 3.20. The van der Waals surface area contributed by atoms with Gasteiger partial charge in [0.1, 0.15) is 0 Å². The molecule has 0 fully saturated rings. The first-order valence-electron chi connectivity index (χ1n) is 7.34. The molecule has 0 aromatic rings. The largest absolute Gasteiger partial charge is 0.466 e. The molecule has 0 radical (unpaired) electrons. The summed E-state index contributed by atoms with van der Waals surface area (Å²) in [6, 6.07) is 2.18. The Morgan fingerprint density at radius 2 is 1.58 bits per heavy atom. The van der Waals surface area contributed by atoms with Gasteiger partial charge in [-0.2, -0.15) is 5.26 Å². The minimum Gasteiger partial charge on any atom is -0.466 e. The number of esters is 1. The Morgan fingerprint density at radius 3 is 2.11 bits per heavy atom. The molecule has 0 aliphatic carbocycles. The predicted octanol–water partition coefficient (Wildman–Crippen LogP) is 4.53. The normalized spacial score (nSPS) is 11.1. The number of hydrogen-bond donors (Lipinski definition) is 0. The number of allylic oxidation sites excluding steroid dienone is 1. The molecule has 0 rings (SSSR count). The van der Waals surface area contributed by atoms with Crippen molar-refractivity contribution in [2.45, 2.75) is 71.1 Å². The summed E-state index contributed by atoms with van der Waals surface area (Å²) in [6.45, 7) is 1.80. The van der Waals surface area contributed by atoms with Crippen molar-refractivity contribution in [3.05, 3.63) is 11.6 Å². The lowest BCUT2D eigenvalue weighted by Crippen LogP contribution is -2.01. The van der Waals surface area contributed by atoms with E-state index in [0.717, 1.165) is 19.3 Å². The SMILES string of the molecule is COC(=O)/C(C)=C/CCCCCCCCCCC#N. The van der Waals surface area contributed by atoms with Gasteiger partial charge in [0.05, 0.1) is 13.2 Å². The molecule has 0 saturated carbocycles. The van der Waals surface area contributed by atoms with Crippen LogP contribution in [0.25, 0.3) is 0 Å². The molecule has 0 aliphatic heterocycles. The Bertz CT molecular complexity index is 302. The smallest absolute Gasteiger partial charge is 0.333 e. The molecule has 3 nitrogen and oxygen atoms in total. The van der Waals surface area contributed by atoms with Crippen molar-refractivity contribution in [3.63, 3.8) is 0 Å². The summed E-state index contributed by atoms with van der Waals surface area (Å²) in [4.78, 5) is 11.1. The Kier molecular flexibility index (Phi) is 12.2. The molecule has 0 amide bonds. The van der Waals surface area contributed by atoms with Gasteiger partial charge in [0, 0.05) is 12.0 Å². The lowest BCUT2D eigenvalue weighted by Gasteiger charge is -2.01. The van der Waals surface area contributed by atoms with E-state index in [0.29, 0.717) is 12.0 Å². The number of unbranched alkanes of at least 4 members (excludes halogenated alkanes) is 9. The second kappa shape index (κ2) is 13.1. The van der Waals surface area contributed by atoms with Crippen LogP contribution in [-0.2, 0) is 9.53 Å². The van der Waals surface area contributed by atoms with E-state index < -0.39 is 0 Å². The summed E-state index contributed by atoms with van der Waals surface area (Å²) in [7, 11) is 1.41. The molecule has 3 heteroatoms. The van der Waals surface area contributed by atoms with Crippen LogP contribution in [0.1, 0.15) is 71.1 Å². The average molecular weight is 265 g/mol. The van der Waals surface area contributed by atoms with Crippen molar-refractivity contribution in [2.24, 2.45) is 0 Å². The van der Waals surface area contributed by atoms with Gasteiger partial charge in [-0.25, -0.2) is 4.79 Å². The first-order valence-corrected chi connectivity index (χ1v) is 7.34. The Labute approximate surface area is 117 Å². The highest BCUT2D eigenvalue weighted by Crippen LogP contribution is 2.11. The molecule has 0 N–H and O–H groups in total. The lowest BCUT2D eigenvalue weighted by atomic mass is 10.1. The zero-order valence-electron chi connectivity index (χ0n) is 12.4. The molecule has 0 spiro atoms. The maximum atomic E-state index is 11.1. The minimum absolute atomic E-state index is 0.225. The minimum atomic E-state index is -0.225. The Morgan fingerprint density at radius 1 is 1.05 bits per heavy atom. The van der Waals surface area contributed by atoms with Crippen LogP contribution in [0.5, 0.6) is 0 Å². The van der Waals surface area contributed by atoms with Crippen LogP contribution in [0.15, 0.2) is 11.6 Å². The summed E-state index contributed by atoms with van der Waals surface area (Å²) >= 11 is 0. The standard InChI is InChI=1S/C16H27NO2/c1-15(16(18)19-2)13-11-9-7-5-3-4-6-8-10-12-14-17/h13H,3-12H2,1-2H3/b15-13+. The zero-order chi connectivity index (χ0) is 14.3. The van der Waals surface area contributed by atoms with Gasteiger partial charge in [-0.05, 0) is 26.2 Å². The predicted molar refractivity (Wildman–Crippen MR) is 77.6 cm³/mol. The van der Waals surface area contributed by atoms with E-state index in [1.807, 2.05) is 6.08 Å². The van der Waals surface area contributed by atoms with Crippen LogP contribution in [0.4, 0.5) is 0 Å². The summed E-state index contributed by atoms with van der Waals surface area (Å²) in [5.74, 6) is -0.225. The highest BCUT2D eigenvalue weighted by Gasteiger charge is 2.01. The Balaban J connectivity index is 3.28. The molecule has 108 valence electrons. The highest BCUT2D eigenvalue weighted by molar-refractivity contribution is 5.87. The van der Waals surface area contributed by atoms with Crippen LogP contribution in [-0.4, -0.2) is 13.1 Å². The van der Waals surface area contributed by atoms with Crippen LogP contribution >= 0.6 is 0 Å². The Hall–Kier alpha value is -1.30. The average Bonchev–Trinajstić information content (AvgIpc) is 2.43. The molecule has 0 bridgehead atoms. The van der Waals surface area contributed by atoms with Gasteiger partial charge >= 0.3 is 5.97 Å². The number of methoxy groups -OCH3 is 1. The number of carbonyl (C=O) groups excluding carboxylic acids is 1. The molecule has 0 unspecified atom stereocenters. The van der Waals surface area contributed by atoms with E-state index in [1.165, 1.54) is 45.6 Å². The molecular formula is C16H27NO2. The highest BCUT2D eigenvalue weighted by atomic mass is 16.5. The van der Waals surface area contributed by atoms with Crippen molar-refractivity contribution in [1.82, 2.24) is 0 Å². The summed E-state index contributed by atoms with van der Waals surface area (Å²) in [5, 5.41) is 8.39. The number of nitrogens with zero attached hydrogens (tertiary/aromatic N) is 1. The van der Waals surface area contributed by atoms with Crippen molar-refractivity contribution in [2.75, 3.05) is 7.11 Å². The van der Waals surface area contributed by atoms with Crippen molar-refractivity contribution in [1.29, 1.82) is 5.26 Å². The summed E-state index contributed by atoms with van der Waals surface area (Å²) in [6.07, 6.45) is 13.3. The third kappa shape index (κ3) is 11.5. The molecule has 0 aliphatic rings. The number of carbonyl (C=O) groups is 1. The summed E-state index contributed by atoms with van der Waals surface area (Å²) in [5.41, 5.74) is 0.708. The van der Waals surface area contributed by atoms with Gasteiger partial charge in [-0.15, -0.1) is 0 Å². The number of hydrogen-bond acceptors (Lipinski definition) is 3. The molecule has 0 aromatic carbocycles. The molecule has 0 aromatic heterocycles. The fourth-order valence-electron chi connectivity index (χ4n) is 1.97. The van der Waals surface area contributed by atoms with Crippen LogP contribution in [0, 0.1) is 11.3 Å². The van der Waals surface area contributed by atoms with Crippen LogP contribution < -0.4 is 0 Å². The van der Waals surface area contributed by atoms with Gasteiger partial charge in [-0.1, -0.05) is 44.6 Å². The molecule has 0 saturated heterocycles. The first-order chi connectivity index (χ1) is 9.22. The number of rotatable bonds is 11. The van der Waals surface area contributed by atoms with E-state index in [4.69, 9.17) is 5.26 Å². The van der Waals surface area contributed by atoms with Gasteiger partial charge in [0.15, 0.2) is 0 Å². The second-order valence-electron chi connectivity index (χ2n) is 4.90. The molecular weight excluding hydrogens is 238 g/mol. The molecule has 19 heavy (non-hydrogen) atoms. The lowest BCUT2D eigenvalue weighted by molar-refractivity contribution is -0.136. The molecule has 0 heterocycles. The van der Waals surface area contributed by atoms with E-state index in [9.17, 15) is 4.79 Å². The summed E-state index contributed by atoms with van der Waals surface area (Å²) < 4.78 is 4.64. The van der Waals surface area contributed by atoms with Crippen molar-refractivity contribution >= 4 is 5.97 Å². The van der Waals surface area contributed by atoms with E-state index >= 15 is 0 Å². The molecule has 0 atom stereocenters. The monoisotopic (exact) mass is 265 g/mol. The fourth-order valence-corrected chi connectivity index (χ4v) is 1.97. The quantitative estimate of drug-likeness (QED) is 0.313. The number of ether oxygens (including phenoxy) is 1. The number of nitriles is 1. The van der Waals surface area contributed by atoms with Crippen molar-refractivity contribution < 1.29 is 9.53 Å². The second-order valence-corrected chi connectivity index (χ2v) is 4.90. The maximum absolute atomic E-state index is 11.1. The van der Waals surface area contributed by atoms with E-state index in [-0.39, 0.29) is 5.97 Å². The van der Waals surface area contributed by atoms with Gasteiger partial charge in [-0.3, -0.25) is 0 Å². The topological polar surface area (TPSA) is 50.1 Å². The van der Waals surface area contributed by atoms with Crippen LogP contribution in [0.2, 0.25) is 0 Å². The van der Waals surface area contributed by atoms with Gasteiger partial charge < -0.3 is 4.74 Å². The fraction of sp³-hybridized carbons (Fsp3) is 0.750. The zero-order valence-corrected chi connectivity index (χ0v) is 12.4. The van der Waals surface area contributed by atoms with Gasteiger partial charge in [0.25, 0.3) is 0 Å². The van der Waals surface area contributed by atoms with E-state index in [1.54, 1.807) is 6.92 Å². The first kappa shape index (κ1) is 17.7. The van der Waals surface area contributed by atoms with Gasteiger partial charge in [0.2, 0.25) is 0 Å². The maximum Gasteiger partial charge on any atom is 0.333 e. The van der Waals surface area contributed by atoms with E-state index in [2.05, 4.69) is 10.8 Å².